The maximum Gasteiger partial charge on any atom is 0.244 e. The molecule has 0 aliphatic carbocycles. The van der Waals surface area contributed by atoms with Gasteiger partial charge in [0.05, 0.1) is 5.54 Å². The molecule has 1 aliphatic heterocycles. The van der Waals surface area contributed by atoms with Crippen LogP contribution in [0, 0.1) is 0 Å². The zero-order valence-electron chi connectivity index (χ0n) is 11.5. The molecule has 0 spiro atoms. The summed E-state index contributed by atoms with van der Waals surface area (Å²) >= 11 is 1.68. The van der Waals surface area contributed by atoms with Gasteiger partial charge in [-0.1, -0.05) is 24.3 Å². The van der Waals surface area contributed by atoms with E-state index in [2.05, 4.69) is 16.7 Å². The highest BCUT2D eigenvalue weighted by molar-refractivity contribution is 7.13. The lowest BCUT2D eigenvalue weighted by Gasteiger charge is -2.23. The van der Waals surface area contributed by atoms with E-state index in [1.54, 1.807) is 11.3 Å². The third kappa shape index (κ3) is 2.49. The van der Waals surface area contributed by atoms with E-state index in [9.17, 15) is 4.79 Å². The first-order chi connectivity index (χ1) is 9.69. The lowest BCUT2D eigenvalue weighted by Crippen LogP contribution is -2.48. The van der Waals surface area contributed by atoms with Crippen molar-refractivity contribution in [2.75, 3.05) is 11.9 Å². The van der Waals surface area contributed by atoms with Crippen LogP contribution in [-0.4, -0.2) is 18.0 Å². The Morgan fingerprint density at radius 3 is 2.85 bits per heavy atom. The summed E-state index contributed by atoms with van der Waals surface area (Å²) in [6.45, 7) is 2.89. The number of carbonyl (C=O) groups is 1. The fourth-order valence-corrected chi connectivity index (χ4v) is 3.35. The normalized spacial score (nSPS) is 21.9. The van der Waals surface area contributed by atoms with Crippen molar-refractivity contribution in [3.63, 3.8) is 0 Å². The molecule has 104 valence electrons. The lowest BCUT2D eigenvalue weighted by molar-refractivity contribution is -0.121. The second kappa shape index (κ2) is 5.38. The van der Waals surface area contributed by atoms with Gasteiger partial charge in [-0.25, -0.2) is 0 Å². The Bertz CT molecular complexity index is 601. The fourth-order valence-electron chi connectivity index (χ4n) is 2.59. The predicted molar refractivity (Wildman–Crippen MR) is 84.0 cm³/mol. The molecule has 4 heteroatoms. The van der Waals surface area contributed by atoms with E-state index in [0.29, 0.717) is 0 Å². The van der Waals surface area contributed by atoms with E-state index in [1.165, 1.54) is 4.88 Å². The highest BCUT2D eigenvalue weighted by Gasteiger charge is 2.36. The quantitative estimate of drug-likeness (QED) is 0.906. The molecule has 1 aromatic heterocycles. The molecule has 0 saturated carbocycles. The number of nitrogens with one attached hydrogen (secondary N) is 2. The molecule has 0 bridgehead atoms. The van der Waals surface area contributed by atoms with Crippen LogP contribution in [-0.2, 0) is 4.79 Å². The molecule has 1 atom stereocenters. The van der Waals surface area contributed by atoms with E-state index in [4.69, 9.17) is 0 Å². The second-order valence-corrected chi connectivity index (χ2v) is 6.29. The molecule has 1 saturated heterocycles. The van der Waals surface area contributed by atoms with Crippen molar-refractivity contribution >= 4 is 22.9 Å². The Labute approximate surface area is 123 Å². The van der Waals surface area contributed by atoms with Crippen molar-refractivity contribution in [2.24, 2.45) is 0 Å². The van der Waals surface area contributed by atoms with Crippen LogP contribution in [0.25, 0.3) is 10.4 Å². The SMILES string of the molecule is CC1(C(=O)Nc2ccccc2-c2cccs2)CCCN1. The van der Waals surface area contributed by atoms with Gasteiger partial charge in [-0.3, -0.25) is 4.79 Å². The lowest BCUT2D eigenvalue weighted by atomic mass is 9.99. The van der Waals surface area contributed by atoms with Crippen LogP contribution in [0.15, 0.2) is 41.8 Å². The summed E-state index contributed by atoms with van der Waals surface area (Å²) in [5.41, 5.74) is 1.52. The van der Waals surface area contributed by atoms with Crippen LogP contribution in [0.3, 0.4) is 0 Å². The van der Waals surface area contributed by atoms with Gasteiger partial charge < -0.3 is 10.6 Å². The van der Waals surface area contributed by atoms with Gasteiger partial charge in [0.25, 0.3) is 0 Å². The van der Waals surface area contributed by atoms with Crippen molar-refractivity contribution < 1.29 is 4.79 Å². The average Bonchev–Trinajstić information content (AvgIpc) is 3.11. The first kappa shape index (κ1) is 13.3. The summed E-state index contributed by atoms with van der Waals surface area (Å²) in [4.78, 5) is 13.7. The summed E-state index contributed by atoms with van der Waals surface area (Å²) in [5.74, 6) is 0.0546. The highest BCUT2D eigenvalue weighted by Crippen LogP contribution is 2.32. The van der Waals surface area contributed by atoms with Crippen LogP contribution < -0.4 is 10.6 Å². The molecule has 3 rings (SSSR count). The Kier molecular flexibility index (Phi) is 3.59. The number of amides is 1. The maximum atomic E-state index is 12.5. The van der Waals surface area contributed by atoms with Crippen molar-refractivity contribution in [2.45, 2.75) is 25.3 Å². The molecule has 2 heterocycles. The molecule has 1 aromatic carbocycles. The standard InChI is InChI=1S/C16H18N2OS/c1-16(9-5-10-17-16)15(19)18-13-7-3-2-6-12(13)14-8-4-11-20-14/h2-4,6-8,11,17H,5,9-10H2,1H3,(H,18,19). The average molecular weight is 286 g/mol. The largest absolute Gasteiger partial charge is 0.324 e. The highest BCUT2D eigenvalue weighted by atomic mass is 32.1. The monoisotopic (exact) mass is 286 g/mol. The molecule has 2 N–H and O–H groups in total. The van der Waals surface area contributed by atoms with Crippen LogP contribution in [0.2, 0.25) is 0 Å². The van der Waals surface area contributed by atoms with E-state index < -0.39 is 5.54 Å². The Hall–Kier alpha value is -1.65. The number of anilines is 1. The van der Waals surface area contributed by atoms with Gasteiger partial charge in [0.15, 0.2) is 0 Å². The van der Waals surface area contributed by atoms with Crippen molar-refractivity contribution in [1.29, 1.82) is 0 Å². The minimum Gasteiger partial charge on any atom is -0.324 e. The molecule has 1 unspecified atom stereocenters. The van der Waals surface area contributed by atoms with Gasteiger partial charge in [-0.15, -0.1) is 11.3 Å². The molecule has 0 radical (unpaired) electrons. The van der Waals surface area contributed by atoms with Gasteiger partial charge in [0, 0.05) is 16.1 Å². The fraction of sp³-hybridized carbons (Fsp3) is 0.312. The topological polar surface area (TPSA) is 41.1 Å². The number of rotatable bonds is 3. The zero-order chi connectivity index (χ0) is 14.0. The van der Waals surface area contributed by atoms with Crippen molar-refractivity contribution in [3.8, 4) is 10.4 Å². The zero-order valence-corrected chi connectivity index (χ0v) is 12.3. The van der Waals surface area contributed by atoms with Gasteiger partial charge in [0.2, 0.25) is 5.91 Å². The third-order valence-electron chi connectivity index (χ3n) is 3.83. The number of para-hydroxylation sites is 1. The number of benzene rings is 1. The van der Waals surface area contributed by atoms with E-state index in [0.717, 1.165) is 30.6 Å². The van der Waals surface area contributed by atoms with Gasteiger partial charge in [-0.05, 0) is 43.8 Å². The van der Waals surface area contributed by atoms with Crippen LogP contribution in [0.4, 0.5) is 5.69 Å². The molecular weight excluding hydrogens is 268 g/mol. The molecular formula is C16H18N2OS. The van der Waals surface area contributed by atoms with Gasteiger partial charge in [-0.2, -0.15) is 0 Å². The van der Waals surface area contributed by atoms with Crippen LogP contribution >= 0.6 is 11.3 Å². The summed E-state index contributed by atoms with van der Waals surface area (Å²) in [7, 11) is 0. The Balaban J connectivity index is 1.86. The first-order valence-corrected chi connectivity index (χ1v) is 7.76. The van der Waals surface area contributed by atoms with Gasteiger partial charge >= 0.3 is 0 Å². The molecule has 2 aromatic rings. The number of carbonyl (C=O) groups excluding carboxylic acids is 1. The molecule has 3 nitrogen and oxygen atoms in total. The number of hydrogen-bond acceptors (Lipinski definition) is 3. The Morgan fingerprint density at radius 2 is 2.15 bits per heavy atom. The number of hydrogen-bond donors (Lipinski definition) is 2. The van der Waals surface area contributed by atoms with E-state index in [-0.39, 0.29) is 5.91 Å². The Morgan fingerprint density at radius 1 is 1.30 bits per heavy atom. The summed E-state index contributed by atoms with van der Waals surface area (Å²) in [6.07, 6.45) is 1.94. The predicted octanol–water partition coefficient (Wildman–Crippen LogP) is 3.50. The third-order valence-corrected chi connectivity index (χ3v) is 4.73. The summed E-state index contributed by atoms with van der Waals surface area (Å²) in [5, 5.41) is 8.43. The smallest absolute Gasteiger partial charge is 0.244 e. The summed E-state index contributed by atoms with van der Waals surface area (Å²) in [6, 6.07) is 12.1. The minimum atomic E-state index is -0.442. The van der Waals surface area contributed by atoms with Crippen LogP contribution in [0.5, 0.6) is 0 Å². The van der Waals surface area contributed by atoms with E-state index >= 15 is 0 Å². The van der Waals surface area contributed by atoms with Gasteiger partial charge in [0.1, 0.15) is 0 Å². The van der Waals surface area contributed by atoms with Crippen molar-refractivity contribution in [1.82, 2.24) is 5.32 Å². The second-order valence-electron chi connectivity index (χ2n) is 5.34. The molecule has 1 aliphatic rings. The number of thiophene rings is 1. The molecule has 1 amide bonds. The van der Waals surface area contributed by atoms with E-state index in [1.807, 2.05) is 42.6 Å². The molecule has 1 fully saturated rings. The first-order valence-electron chi connectivity index (χ1n) is 6.88. The van der Waals surface area contributed by atoms with Crippen molar-refractivity contribution in [3.05, 3.63) is 41.8 Å². The summed E-state index contributed by atoms with van der Waals surface area (Å²) < 4.78 is 0. The molecule has 20 heavy (non-hydrogen) atoms. The maximum absolute atomic E-state index is 12.5. The minimum absolute atomic E-state index is 0.0546. The van der Waals surface area contributed by atoms with Crippen LogP contribution in [0.1, 0.15) is 19.8 Å².